The number of benzene rings is 2. The molecule has 202 valence electrons. The summed E-state index contributed by atoms with van der Waals surface area (Å²) in [6.07, 6.45) is 18.2. The van der Waals surface area contributed by atoms with Crippen LogP contribution in [0, 0.1) is 11.3 Å². The highest BCUT2D eigenvalue weighted by atomic mass is 16.5. The molecule has 0 spiro atoms. The van der Waals surface area contributed by atoms with Gasteiger partial charge in [-0.3, -0.25) is 0 Å². The number of ether oxygens (including phenoxy) is 1. The molecule has 2 heterocycles. The first-order valence-electron chi connectivity index (χ1n) is 14.1. The molecule has 2 aromatic carbocycles. The van der Waals surface area contributed by atoms with Crippen LogP contribution in [-0.2, 0) is 22.4 Å². The van der Waals surface area contributed by atoms with Gasteiger partial charge in [0.2, 0.25) is 0 Å². The van der Waals surface area contributed by atoms with Gasteiger partial charge in [-0.25, -0.2) is 4.79 Å². The van der Waals surface area contributed by atoms with Crippen molar-refractivity contribution in [1.82, 2.24) is 0 Å². The van der Waals surface area contributed by atoms with E-state index in [1.54, 1.807) is 25.1 Å². The number of nitrogens with zero attached hydrogens (tertiary/aromatic N) is 2. The van der Waals surface area contributed by atoms with E-state index in [0.717, 1.165) is 31.4 Å². The molecule has 0 radical (unpaired) electrons. The predicted octanol–water partition coefficient (Wildman–Crippen LogP) is 8.41. The molecule has 5 nitrogen and oxygen atoms in total. The molecule has 0 amide bonds. The van der Waals surface area contributed by atoms with E-state index in [-0.39, 0.29) is 5.57 Å². The number of fused-ring (bicyclic) bond motifs is 1. The third kappa shape index (κ3) is 7.51. The fraction of sp³-hybridized carbons (Fsp3) is 0.353. The summed E-state index contributed by atoms with van der Waals surface area (Å²) >= 11 is 0. The van der Waals surface area contributed by atoms with Crippen LogP contribution in [0.4, 0.5) is 11.4 Å². The maximum Gasteiger partial charge on any atom is 0.347 e. The van der Waals surface area contributed by atoms with Crippen LogP contribution in [0.3, 0.4) is 0 Å². The lowest BCUT2D eigenvalue weighted by atomic mass is 9.97. The number of carboxylic acid groups (broad SMARTS) is 1. The summed E-state index contributed by atoms with van der Waals surface area (Å²) < 4.78 is 5.75. The highest BCUT2D eigenvalue weighted by Crippen LogP contribution is 2.35. The molecule has 39 heavy (non-hydrogen) atoms. The number of anilines is 2. The van der Waals surface area contributed by atoms with E-state index < -0.39 is 5.97 Å². The number of nitriles is 1. The summed E-state index contributed by atoms with van der Waals surface area (Å²) in [6, 6.07) is 17.3. The van der Waals surface area contributed by atoms with E-state index >= 15 is 0 Å². The van der Waals surface area contributed by atoms with Crippen molar-refractivity contribution in [2.75, 3.05) is 11.4 Å². The molecular weight excluding hydrogens is 484 g/mol. The van der Waals surface area contributed by atoms with Crippen LogP contribution in [0.1, 0.15) is 75.5 Å². The number of hydrogen-bond acceptors (Lipinski definition) is 4. The Hall–Kier alpha value is -4.04. The minimum atomic E-state index is -1.25. The van der Waals surface area contributed by atoms with Crippen molar-refractivity contribution in [1.29, 1.82) is 5.26 Å². The smallest absolute Gasteiger partial charge is 0.347 e. The summed E-state index contributed by atoms with van der Waals surface area (Å²) in [5.74, 6) is -0.204. The molecule has 0 saturated carbocycles. The Bertz CT molecular complexity index is 1340. The summed E-state index contributed by atoms with van der Waals surface area (Å²) in [4.78, 5) is 13.8. The first kappa shape index (κ1) is 28.0. The summed E-state index contributed by atoms with van der Waals surface area (Å²) in [6.45, 7) is 5.01. The number of aryl methyl sites for hydroxylation is 2. The zero-order chi connectivity index (χ0) is 27.6. The summed E-state index contributed by atoms with van der Waals surface area (Å²) in [5, 5.41) is 18.5. The minimum Gasteiger partial charge on any atom is -0.477 e. The number of allylic oxidation sites excluding steroid dienone is 5. The second kappa shape index (κ2) is 13.7. The Morgan fingerprint density at radius 2 is 1.82 bits per heavy atom. The SMILES string of the molecule is CCCCCCCCc1ccc(N2CCCc3cc(C=CC4=CC(=C(C#N)C(=O)O)C=C(C)O4)ccc32)cc1. The van der Waals surface area contributed by atoms with Crippen LogP contribution in [0.5, 0.6) is 0 Å². The van der Waals surface area contributed by atoms with E-state index in [2.05, 4.69) is 54.3 Å². The quantitative estimate of drug-likeness (QED) is 0.182. The number of rotatable bonds is 11. The Labute approximate surface area is 232 Å². The third-order valence-corrected chi connectivity index (χ3v) is 7.28. The fourth-order valence-electron chi connectivity index (χ4n) is 5.24. The van der Waals surface area contributed by atoms with E-state index in [1.165, 1.54) is 61.0 Å². The van der Waals surface area contributed by atoms with E-state index in [9.17, 15) is 15.2 Å². The molecule has 0 aliphatic carbocycles. The van der Waals surface area contributed by atoms with Crippen LogP contribution < -0.4 is 4.90 Å². The largest absolute Gasteiger partial charge is 0.477 e. The number of hydrogen-bond donors (Lipinski definition) is 1. The Balaban J connectivity index is 1.43. The number of carbonyl (C=O) groups is 1. The third-order valence-electron chi connectivity index (χ3n) is 7.28. The average molecular weight is 523 g/mol. The lowest BCUT2D eigenvalue weighted by molar-refractivity contribution is -0.132. The molecule has 0 unspecified atom stereocenters. The van der Waals surface area contributed by atoms with Gasteiger partial charge in [0.25, 0.3) is 0 Å². The molecule has 0 bridgehead atoms. The van der Waals surface area contributed by atoms with Crippen molar-refractivity contribution >= 4 is 23.4 Å². The van der Waals surface area contributed by atoms with Crippen molar-refractivity contribution in [3.63, 3.8) is 0 Å². The van der Waals surface area contributed by atoms with Gasteiger partial charge >= 0.3 is 5.97 Å². The van der Waals surface area contributed by atoms with Crippen LogP contribution in [0.2, 0.25) is 0 Å². The standard InChI is InChI=1S/C34H38N2O3/c1-3-4-5-6-7-8-10-26-12-16-30(17-13-26)36-20-9-11-28-22-27(15-19-33(28)36)14-18-31-23-29(21-25(2)39-31)32(24-35)34(37)38/h12-19,21-23H,3-11,20H2,1-2H3,(H,37,38). The normalized spacial score (nSPS) is 16.2. The zero-order valence-electron chi connectivity index (χ0n) is 23.1. The van der Waals surface area contributed by atoms with Gasteiger partial charge in [-0.2, -0.15) is 5.26 Å². The molecule has 0 atom stereocenters. The molecule has 0 aromatic heterocycles. The predicted molar refractivity (Wildman–Crippen MR) is 158 cm³/mol. The molecule has 2 aliphatic rings. The van der Waals surface area contributed by atoms with E-state index in [0.29, 0.717) is 17.1 Å². The molecule has 2 aromatic rings. The summed E-state index contributed by atoms with van der Waals surface area (Å²) in [5.41, 5.74) is 6.30. The first-order chi connectivity index (χ1) is 19.0. The molecule has 0 saturated heterocycles. The molecule has 5 heteroatoms. The molecule has 1 N–H and O–H groups in total. The van der Waals surface area contributed by atoms with Crippen molar-refractivity contribution in [3.05, 3.63) is 100 Å². The minimum absolute atomic E-state index is 0.298. The van der Waals surface area contributed by atoms with Gasteiger partial charge in [0.1, 0.15) is 23.2 Å². The van der Waals surface area contributed by atoms with Gasteiger partial charge in [-0.15, -0.1) is 0 Å². The fourth-order valence-corrected chi connectivity index (χ4v) is 5.24. The van der Waals surface area contributed by atoms with E-state index in [4.69, 9.17) is 4.74 Å². The second-order valence-corrected chi connectivity index (χ2v) is 10.3. The first-order valence-corrected chi connectivity index (χ1v) is 14.1. The maximum absolute atomic E-state index is 11.4. The second-order valence-electron chi connectivity index (χ2n) is 10.3. The van der Waals surface area contributed by atoms with Crippen LogP contribution in [-0.4, -0.2) is 17.6 Å². The molecule has 4 rings (SSSR count). The van der Waals surface area contributed by atoms with Crippen LogP contribution in [0.25, 0.3) is 6.08 Å². The van der Waals surface area contributed by atoms with Gasteiger partial charge in [0, 0.05) is 23.5 Å². The monoisotopic (exact) mass is 522 g/mol. The summed E-state index contributed by atoms with van der Waals surface area (Å²) in [7, 11) is 0. The van der Waals surface area contributed by atoms with E-state index in [1.807, 2.05) is 12.2 Å². The average Bonchev–Trinajstić information content (AvgIpc) is 2.93. The lowest BCUT2D eigenvalue weighted by Crippen LogP contribution is -2.24. The Morgan fingerprint density at radius 3 is 2.56 bits per heavy atom. The molecule has 0 fully saturated rings. The zero-order valence-corrected chi connectivity index (χ0v) is 23.1. The van der Waals surface area contributed by atoms with Crippen molar-refractivity contribution in [2.24, 2.45) is 0 Å². The van der Waals surface area contributed by atoms with Crippen molar-refractivity contribution in [2.45, 2.75) is 71.6 Å². The highest BCUT2D eigenvalue weighted by molar-refractivity contribution is 5.93. The number of aliphatic carboxylic acids is 1. The Morgan fingerprint density at radius 1 is 1.05 bits per heavy atom. The number of carboxylic acids is 1. The Kier molecular flexibility index (Phi) is 9.80. The van der Waals surface area contributed by atoms with Gasteiger partial charge in [0.05, 0.1) is 0 Å². The topological polar surface area (TPSA) is 73.6 Å². The molecular formula is C34H38N2O3. The van der Waals surface area contributed by atoms with Gasteiger partial charge in [-0.1, -0.05) is 63.3 Å². The van der Waals surface area contributed by atoms with Gasteiger partial charge in [0.15, 0.2) is 0 Å². The van der Waals surface area contributed by atoms with Gasteiger partial charge < -0.3 is 14.7 Å². The van der Waals surface area contributed by atoms with Gasteiger partial charge in [-0.05, 0) is 91.8 Å². The highest BCUT2D eigenvalue weighted by Gasteiger charge is 2.19. The van der Waals surface area contributed by atoms with Crippen molar-refractivity contribution < 1.29 is 14.6 Å². The number of unbranched alkanes of at least 4 members (excludes halogenated alkanes) is 5. The maximum atomic E-state index is 11.4. The van der Waals surface area contributed by atoms with Crippen molar-refractivity contribution in [3.8, 4) is 6.07 Å². The van der Waals surface area contributed by atoms with Crippen LogP contribution >= 0.6 is 0 Å². The van der Waals surface area contributed by atoms with Crippen LogP contribution in [0.15, 0.2) is 83.4 Å². The molecule has 2 aliphatic heterocycles. The lowest BCUT2D eigenvalue weighted by Gasteiger charge is -2.31.